The Morgan fingerprint density at radius 3 is 2.83 bits per heavy atom. The van der Waals surface area contributed by atoms with Crippen molar-refractivity contribution >= 4 is 28.8 Å². The maximum Gasteiger partial charge on any atom is 0.256 e. The molecule has 0 spiro atoms. The summed E-state index contributed by atoms with van der Waals surface area (Å²) >= 11 is 5.55. The number of aromatic nitrogens is 1. The third-order valence-electron chi connectivity index (χ3n) is 5.41. The third kappa shape index (κ3) is 6.89. The second-order valence-corrected chi connectivity index (χ2v) is 8.86. The van der Waals surface area contributed by atoms with Gasteiger partial charge in [-0.3, -0.25) is 9.78 Å². The number of hydrogen-bond acceptors (Lipinski definition) is 7. The van der Waals surface area contributed by atoms with E-state index in [9.17, 15) is 9.18 Å². The summed E-state index contributed by atoms with van der Waals surface area (Å²) in [5.41, 5.74) is 1.75. The van der Waals surface area contributed by atoms with Crippen molar-refractivity contribution in [3.8, 4) is 11.5 Å². The number of pyridine rings is 1. The van der Waals surface area contributed by atoms with Crippen molar-refractivity contribution in [2.75, 3.05) is 32.2 Å². The van der Waals surface area contributed by atoms with Crippen LogP contribution in [0.1, 0.15) is 32.8 Å². The van der Waals surface area contributed by atoms with Crippen LogP contribution in [0.5, 0.6) is 11.5 Å². The third-order valence-corrected chi connectivity index (χ3v) is 5.72. The van der Waals surface area contributed by atoms with E-state index in [0.717, 1.165) is 5.56 Å². The Labute approximate surface area is 210 Å². The van der Waals surface area contributed by atoms with Gasteiger partial charge in [0.25, 0.3) is 5.91 Å². The summed E-state index contributed by atoms with van der Waals surface area (Å²) in [5.74, 6) is -0.142. The van der Waals surface area contributed by atoms with E-state index in [1.165, 1.54) is 6.07 Å². The molecule has 8 nitrogen and oxygen atoms in total. The molecule has 1 aromatic carbocycles. The van der Waals surface area contributed by atoms with Crippen molar-refractivity contribution in [2.45, 2.75) is 39.3 Å². The summed E-state index contributed by atoms with van der Waals surface area (Å²) in [6, 6.07) is 6.36. The molecule has 3 N–H and O–H groups in total. The molecular formula is C25H31FN4O4S. The molecule has 0 fully saturated rings. The van der Waals surface area contributed by atoms with E-state index in [1.54, 1.807) is 38.6 Å². The lowest BCUT2D eigenvalue weighted by molar-refractivity contribution is -0.117. The van der Waals surface area contributed by atoms with Crippen LogP contribution in [-0.4, -0.2) is 48.3 Å². The van der Waals surface area contributed by atoms with Crippen molar-refractivity contribution in [3.63, 3.8) is 0 Å². The van der Waals surface area contributed by atoms with Gasteiger partial charge in [0.2, 0.25) is 0 Å². The molecule has 0 bridgehead atoms. The van der Waals surface area contributed by atoms with Gasteiger partial charge < -0.3 is 30.2 Å². The van der Waals surface area contributed by atoms with Crippen LogP contribution in [0.4, 0.5) is 10.1 Å². The predicted octanol–water partition coefficient (Wildman–Crippen LogP) is 3.73. The second-order valence-electron chi connectivity index (χ2n) is 8.45. The van der Waals surface area contributed by atoms with Gasteiger partial charge in [-0.2, -0.15) is 0 Å². The zero-order valence-corrected chi connectivity index (χ0v) is 21.2. The molecule has 1 aliphatic heterocycles. The molecule has 2 aromatic rings. The van der Waals surface area contributed by atoms with E-state index in [1.807, 2.05) is 19.9 Å². The van der Waals surface area contributed by atoms with E-state index >= 15 is 0 Å². The molecule has 0 atom stereocenters. The zero-order chi connectivity index (χ0) is 25.4. The Kier molecular flexibility index (Phi) is 9.00. The van der Waals surface area contributed by atoms with E-state index in [0.29, 0.717) is 48.8 Å². The largest absolute Gasteiger partial charge is 0.489 e. The number of rotatable bonds is 11. The van der Waals surface area contributed by atoms with Gasteiger partial charge in [-0.15, -0.1) is 0 Å². The number of amides is 1. The quantitative estimate of drug-likeness (QED) is 0.401. The number of carbonyl (C=O) groups is 1. The normalized spacial score (nSPS) is 13.8. The van der Waals surface area contributed by atoms with Crippen molar-refractivity contribution in [3.05, 3.63) is 59.3 Å². The first-order valence-electron chi connectivity index (χ1n) is 11.3. The van der Waals surface area contributed by atoms with Gasteiger partial charge in [-0.25, -0.2) is 4.39 Å². The van der Waals surface area contributed by atoms with Gasteiger partial charge in [-0.05, 0) is 39.0 Å². The summed E-state index contributed by atoms with van der Waals surface area (Å²) in [5, 5.41) is 9.13. The number of thiocarbonyl (C=S) groups is 1. The fourth-order valence-corrected chi connectivity index (χ4v) is 3.67. The average Bonchev–Trinajstić information content (AvgIpc) is 2.84. The van der Waals surface area contributed by atoms with Crippen LogP contribution in [0.3, 0.4) is 0 Å². The number of halogens is 1. The average molecular weight is 503 g/mol. The molecule has 3 rings (SSSR count). The Balaban J connectivity index is 1.80. The first-order chi connectivity index (χ1) is 16.8. The minimum atomic E-state index is -0.512. The van der Waals surface area contributed by atoms with Crippen LogP contribution in [-0.2, 0) is 16.1 Å². The molecule has 1 aliphatic rings. The topological polar surface area (TPSA) is 93.7 Å². The van der Waals surface area contributed by atoms with E-state index in [2.05, 4.69) is 20.9 Å². The first kappa shape index (κ1) is 26.4. The summed E-state index contributed by atoms with van der Waals surface area (Å²) in [7, 11) is 1.63. The number of carbonyl (C=O) groups excluding carboxylic acids is 1. The summed E-state index contributed by atoms with van der Waals surface area (Å²) in [6.07, 6.45) is 3.89. The SMILES string of the molecule is CCOc1c(F)cccc1NC(=S)C1=C(NCc2ccncc2OCC(C)(C)OC)CCNC1=O. The minimum absolute atomic E-state index is 0.0567. The van der Waals surface area contributed by atoms with Crippen LogP contribution < -0.4 is 25.4 Å². The van der Waals surface area contributed by atoms with Crippen molar-refractivity contribution in [1.82, 2.24) is 15.6 Å². The van der Waals surface area contributed by atoms with E-state index in [-0.39, 0.29) is 23.3 Å². The van der Waals surface area contributed by atoms with Gasteiger partial charge >= 0.3 is 0 Å². The molecular weight excluding hydrogens is 471 g/mol. The van der Waals surface area contributed by atoms with Gasteiger partial charge in [0.15, 0.2) is 11.6 Å². The summed E-state index contributed by atoms with van der Waals surface area (Å²) < 4.78 is 31.0. The highest BCUT2D eigenvalue weighted by atomic mass is 32.1. The lowest BCUT2D eigenvalue weighted by Crippen LogP contribution is -2.39. The fourth-order valence-electron chi connectivity index (χ4n) is 3.35. The molecule has 0 radical (unpaired) electrons. The highest BCUT2D eigenvalue weighted by molar-refractivity contribution is 7.81. The number of methoxy groups -OCH3 is 1. The zero-order valence-electron chi connectivity index (χ0n) is 20.4. The lowest BCUT2D eigenvalue weighted by Gasteiger charge is -2.25. The first-order valence-corrected chi connectivity index (χ1v) is 11.7. The molecule has 1 amide bonds. The molecule has 2 heterocycles. The summed E-state index contributed by atoms with van der Waals surface area (Å²) in [4.78, 5) is 17.1. The van der Waals surface area contributed by atoms with Crippen LogP contribution >= 0.6 is 12.2 Å². The standard InChI is InChI=1S/C25H31FN4O4S/c1-5-33-22-17(26)7-6-8-19(22)30-24(35)21-18(10-12-28-23(21)31)29-13-16-9-11-27-14-20(16)34-15-25(2,3)32-4/h6-9,11,14,29H,5,10,12-13,15H2,1-4H3,(H,28,31)(H,30,35). The van der Waals surface area contributed by atoms with Crippen LogP contribution in [0.15, 0.2) is 47.9 Å². The molecule has 0 saturated carbocycles. The molecule has 0 aliphatic carbocycles. The molecule has 188 valence electrons. The number of nitrogens with one attached hydrogen (secondary N) is 3. The number of nitrogens with zero attached hydrogens (tertiary/aromatic N) is 1. The Morgan fingerprint density at radius 1 is 1.29 bits per heavy atom. The van der Waals surface area contributed by atoms with Crippen molar-refractivity contribution in [1.29, 1.82) is 0 Å². The fraction of sp³-hybridized carbons (Fsp3) is 0.400. The van der Waals surface area contributed by atoms with Crippen LogP contribution in [0.25, 0.3) is 0 Å². The Bertz CT molecular complexity index is 1110. The number of anilines is 1. The van der Waals surface area contributed by atoms with E-state index < -0.39 is 11.4 Å². The van der Waals surface area contributed by atoms with Gasteiger partial charge in [0.05, 0.1) is 29.7 Å². The maximum absolute atomic E-state index is 14.3. The molecule has 0 unspecified atom stereocenters. The van der Waals surface area contributed by atoms with Gasteiger partial charge in [0, 0.05) is 44.1 Å². The monoisotopic (exact) mass is 502 g/mol. The van der Waals surface area contributed by atoms with E-state index in [4.69, 9.17) is 26.4 Å². The molecule has 0 saturated heterocycles. The second kappa shape index (κ2) is 11.9. The van der Waals surface area contributed by atoms with Crippen molar-refractivity contribution < 1.29 is 23.4 Å². The minimum Gasteiger partial charge on any atom is -0.489 e. The van der Waals surface area contributed by atoms with Crippen LogP contribution in [0, 0.1) is 5.82 Å². The number of benzene rings is 1. The number of ether oxygens (including phenoxy) is 3. The molecule has 35 heavy (non-hydrogen) atoms. The van der Waals surface area contributed by atoms with Crippen molar-refractivity contribution in [2.24, 2.45) is 0 Å². The van der Waals surface area contributed by atoms with Gasteiger partial charge in [-0.1, -0.05) is 18.3 Å². The maximum atomic E-state index is 14.3. The predicted molar refractivity (Wildman–Crippen MR) is 136 cm³/mol. The number of hydrogen-bond donors (Lipinski definition) is 3. The van der Waals surface area contributed by atoms with Gasteiger partial charge in [0.1, 0.15) is 17.3 Å². The highest BCUT2D eigenvalue weighted by Gasteiger charge is 2.25. The molecule has 1 aromatic heterocycles. The lowest BCUT2D eigenvalue weighted by atomic mass is 10.1. The smallest absolute Gasteiger partial charge is 0.256 e. The highest BCUT2D eigenvalue weighted by Crippen LogP contribution is 2.29. The Hall–Kier alpha value is -3.24. The Morgan fingerprint density at radius 2 is 2.09 bits per heavy atom. The number of para-hydroxylation sites is 1. The molecule has 10 heteroatoms. The van der Waals surface area contributed by atoms with Crippen LogP contribution in [0.2, 0.25) is 0 Å². The summed E-state index contributed by atoms with van der Waals surface area (Å²) in [6.45, 7) is 7.13.